The number of hydrogen-bond donors (Lipinski definition) is 0. The molecule has 1 saturated heterocycles. The zero-order valence-corrected chi connectivity index (χ0v) is 29.9. The van der Waals surface area contributed by atoms with Crippen LogP contribution in [0.1, 0.15) is 126 Å². The Hall–Kier alpha value is -1.96. The predicted molar refractivity (Wildman–Crippen MR) is 191 cm³/mol. The van der Waals surface area contributed by atoms with Gasteiger partial charge in [0, 0.05) is 46.8 Å². The first kappa shape index (κ1) is 35.3. The number of benzene rings is 2. The summed E-state index contributed by atoms with van der Waals surface area (Å²) in [6, 6.07) is 15.9. The van der Waals surface area contributed by atoms with Crippen molar-refractivity contribution in [3.8, 4) is 5.75 Å². The fourth-order valence-corrected chi connectivity index (χ4v) is 8.05. The molecule has 46 heavy (non-hydrogen) atoms. The van der Waals surface area contributed by atoms with Gasteiger partial charge in [0.25, 0.3) is 0 Å². The molecule has 2 aliphatic rings. The maximum atomic E-state index is 7.05. The van der Waals surface area contributed by atoms with Crippen LogP contribution in [0.25, 0.3) is 10.1 Å². The zero-order valence-electron chi connectivity index (χ0n) is 29.1. The lowest BCUT2D eigenvalue weighted by Crippen LogP contribution is -2.48. The molecular weight excluding hydrogens is 593 g/mol. The van der Waals surface area contributed by atoms with Gasteiger partial charge in [-0.15, -0.1) is 11.3 Å². The predicted octanol–water partition coefficient (Wildman–Crippen LogP) is 10.5. The molecule has 1 saturated carbocycles. The molecule has 5 nitrogen and oxygen atoms in total. The normalized spacial score (nSPS) is 22.4. The van der Waals surface area contributed by atoms with E-state index in [2.05, 4.69) is 77.1 Å². The topological polar surface area (TPSA) is 46.2 Å². The van der Waals surface area contributed by atoms with Gasteiger partial charge in [-0.2, -0.15) is 0 Å². The van der Waals surface area contributed by atoms with E-state index in [1.807, 2.05) is 11.3 Å². The molecule has 0 amide bonds. The van der Waals surface area contributed by atoms with E-state index in [0.717, 1.165) is 95.2 Å². The van der Waals surface area contributed by atoms with E-state index >= 15 is 0 Å². The van der Waals surface area contributed by atoms with Gasteiger partial charge in [-0.1, -0.05) is 71.6 Å². The minimum Gasteiger partial charge on any atom is -0.493 e. The Bertz CT molecular complexity index is 1310. The number of rotatable bonds is 20. The lowest BCUT2D eigenvalue weighted by atomic mass is 9.85. The molecule has 2 heterocycles. The Morgan fingerprint density at radius 2 is 1.52 bits per heavy atom. The van der Waals surface area contributed by atoms with Gasteiger partial charge < -0.3 is 23.7 Å². The minimum absolute atomic E-state index is 0.0391. The Kier molecular flexibility index (Phi) is 13.4. The molecule has 1 aliphatic heterocycles. The van der Waals surface area contributed by atoms with Gasteiger partial charge in [0.15, 0.2) is 0 Å². The minimum atomic E-state index is -0.300. The standard InChI is InChI=1S/C40H58O5S/c1-6-10-20-41-28-31-26-35(43-22-12-8-3)39(44-23-13-9-4)38(45-31)32-27-33(29(5)24-34(32)42-21-11-7-2)40(18-19-40)37-25-30-16-14-15-17-36(30)46-37/h14-17,24-25,27,31,35,38-39H,6-13,18-23,26,28H2,1-5H3/t31-,35-,38?,39+/m0/s1. The summed E-state index contributed by atoms with van der Waals surface area (Å²) in [4.78, 5) is 1.46. The number of hydrogen-bond acceptors (Lipinski definition) is 6. The van der Waals surface area contributed by atoms with E-state index < -0.39 is 0 Å². The first-order valence-electron chi connectivity index (χ1n) is 18.3. The van der Waals surface area contributed by atoms with Crippen molar-refractivity contribution in [2.75, 3.05) is 33.0 Å². The van der Waals surface area contributed by atoms with Crippen LogP contribution in [0.15, 0.2) is 42.5 Å². The third kappa shape index (κ3) is 8.54. The van der Waals surface area contributed by atoms with Crippen molar-refractivity contribution in [3.05, 3.63) is 64.0 Å². The molecule has 0 spiro atoms. The molecule has 1 aromatic heterocycles. The summed E-state index contributed by atoms with van der Waals surface area (Å²) in [7, 11) is 0. The largest absolute Gasteiger partial charge is 0.493 e. The summed E-state index contributed by atoms with van der Waals surface area (Å²) in [6.07, 6.45) is 11.0. The van der Waals surface area contributed by atoms with Crippen LogP contribution in [-0.4, -0.2) is 51.3 Å². The summed E-state index contributed by atoms with van der Waals surface area (Å²) >= 11 is 1.95. The highest BCUT2D eigenvalue weighted by Gasteiger charge is 2.49. The van der Waals surface area contributed by atoms with Crippen molar-refractivity contribution in [3.63, 3.8) is 0 Å². The zero-order chi connectivity index (χ0) is 32.4. The molecule has 0 bridgehead atoms. The molecule has 4 atom stereocenters. The number of unbranched alkanes of at least 4 members (excludes halogenated alkanes) is 4. The summed E-state index contributed by atoms with van der Waals surface area (Å²) in [5, 5.41) is 1.34. The van der Waals surface area contributed by atoms with Crippen molar-refractivity contribution < 1.29 is 23.7 Å². The Morgan fingerprint density at radius 1 is 0.826 bits per heavy atom. The van der Waals surface area contributed by atoms with Crippen molar-refractivity contribution in [1.82, 2.24) is 0 Å². The maximum absolute atomic E-state index is 7.05. The quantitative estimate of drug-likeness (QED) is 0.114. The van der Waals surface area contributed by atoms with E-state index in [9.17, 15) is 0 Å². The van der Waals surface area contributed by atoms with Crippen LogP contribution in [0.2, 0.25) is 0 Å². The molecule has 0 N–H and O–H groups in total. The van der Waals surface area contributed by atoms with Crippen molar-refractivity contribution >= 4 is 21.4 Å². The van der Waals surface area contributed by atoms with Crippen LogP contribution in [0.3, 0.4) is 0 Å². The molecule has 0 radical (unpaired) electrons. The Balaban J connectivity index is 1.55. The fraction of sp³-hybridized carbons (Fsp3) is 0.650. The summed E-state index contributed by atoms with van der Waals surface area (Å²) in [5.74, 6) is 0.927. The van der Waals surface area contributed by atoms with E-state index in [1.165, 1.54) is 26.1 Å². The van der Waals surface area contributed by atoms with Crippen LogP contribution >= 0.6 is 11.3 Å². The van der Waals surface area contributed by atoms with Crippen LogP contribution in [0.5, 0.6) is 5.75 Å². The van der Waals surface area contributed by atoms with Crippen molar-refractivity contribution in [1.29, 1.82) is 0 Å². The Morgan fingerprint density at radius 3 is 2.24 bits per heavy atom. The van der Waals surface area contributed by atoms with Crippen LogP contribution in [-0.2, 0) is 24.4 Å². The lowest BCUT2D eigenvalue weighted by Gasteiger charge is -2.42. The molecule has 254 valence electrons. The van der Waals surface area contributed by atoms with E-state index in [-0.39, 0.29) is 29.8 Å². The highest BCUT2D eigenvalue weighted by Crippen LogP contribution is 2.58. The molecule has 6 heteroatoms. The molecule has 1 aliphatic carbocycles. The van der Waals surface area contributed by atoms with Gasteiger partial charge in [-0.3, -0.25) is 0 Å². The molecule has 2 fully saturated rings. The summed E-state index contributed by atoms with van der Waals surface area (Å²) in [6.45, 7) is 14.6. The SMILES string of the molecule is CCCCOC[C@@H]1C[C@H](OCCCC)[C@@H](OCCCC)C(c2cc(C3(c4cc5ccccc5s4)CC3)c(C)cc2OCCCC)O1. The van der Waals surface area contributed by atoms with Crippen LogP contribution < -0.4 is 4.74 Å². The first-order valence-corrected chi connectivity index (χ1v) is 19.1. The van der Waals surface area contributed by atoms with Gasteiger partial charge in [0.05, 0.1) is 25.4 Å². The molecule has 1 unspecified atom stereocenters. The molecule has 2 aromatic carbocycles. The molecule has 3 aromatic rings. The van der Waals surface area contributed by atoms with Crippen molar-refractivity contribution in [2.24, 2.45) is 0 Å². The maximum Gasteiger partial charge on any atom is 0.125 e. The summed E-state index contributed by atoms with van der Waals surface area (Å²) < 4.78 is 34.6. The number of thiophene rings is 1. The van der Waals surface area contributed by atoms with Gasteiger partial charge in [0.1, 0.15) is 18.0 Å². The highest BCUT2D eigenvalue weighted by molar-refractivity contribution is 7.19. The third-order valence-electron chi connectivity index (χ3n) is 9.66. The smallest absolute Gasteiger partial charge is 0.125 e. The number of ether oxygens (including phenoxy) is 5. The van der Waals surface area contributed by atoms with Crippen molar-refractivity contribution in [2.45, 2.75) is 135 Å². The molecular formula is C40H58O5S. The highest BCUT2D eigenvalue weighted by atomic mass is 32.1. The monoisotopic (exact) mass is 650 g/mol. The van der Waals surface area contributed by atoms with Crippen LogP contribution in [0, 0.1) is 6.92 Å². The van der Waals surface area contributed by atoms with Crippen LogP contribution in [0.4, 0.5) is 0 Å². The van der Waals surface area contributed by atoms with E-state index in [0.29, 0.717) is 19.8 Å². The van der Waals surface area contributed by atoms with Gasteiger partial charge in [-0.25, -0.2) is 0 Å². The second-order valence-corrected chi connectivity index (χ2v) is 14.5. The van der Waals surface area contributed by atoms with Gasteiger partial charge in [0.2, 0.25) is 0 Å². The van der Waals surface area contributed by atoms with E-state index in [1.54, 1.807) is 0 Å². The average Bonchev–Trinajstić information content (AvgIpc) is 3.75. The number of aryl methyl sites for hydroxylation is 1. The lowest BCUT2D eigenvalue weighted by molar-refractivity contribution is -0.213. The second-order valence-electron chi connectivity index (χ2n) is 13.4. The first-order chi connectivity index (χ1) is 22.5. The van der Waals surface area contributed by atoms with Gasteiger partial charge >= 0.3 is 0 Å². The van der Waals surface area contributed by atoms with Gasteiger partial charge in [-0.05, 0) is 86.2 Å². The average molecular weight is 651 g/mol. The fourth-order valence-electron chi connectivity index (χ4n) is 6.73. The molecule has 5 rings (SSSR count). The number of fused-ring (bicyclic) bond motifs is 1. The Labute approximate surface area is 282 Å². The third-order valence-corrected chi connectivity index (χ3v) is 11.0. The second kappa shape index (κ2) is 17.4. The van der Waals surface area contributed by atoms with E-state index in [4.69, 9.17) is 23.7 Å². The summed E-state index contributed by atoms with van der Waals surface area (Å²) in [5.41, 5.74) is 3.84.